The second-order valence-electron chi connectivity index (χ2n) is 4.21. The molecule has 6 nitrogen and oxygen atoms in total. The first-order chi connectivity index (χ1) is 8.90. The van der Waals surface area contributed by atoms with Crippen LogP contribution in [-0.4, -0.2) is 24.0 Å². The zero-order valence-corrected chi connectivity index (χ0v) is 12.3. The highest BCUT2D eigenvalue weighted by molar-refractivity contribution is 9.10. The lowest BCUT2D eigenvalue weighted by Crippen LogP contribution is -2.18. The summed E-state index contributed by atoms with van der Waals surface area (Å²) >= 11 is 3.27. The largest absolute Gasteiger partial charge is 0.466 e. The van der Waals surface area contributed by atoms with Crippen molar-refractivity contribution in [3.05, 3.63) is 32.8 Å². The molecule has 1 unspecified atom stereocenters. The van der Waals surface area contributed by atoms with Crippen LogP contribution in [0, 0.1) is 16.0 Å². The summed E-state index contributed by atoms with van der Waals surface area (Å²) in [6.07, 6.45) is 0. The molecule has 0 saturated heterocycles. The standard InChI is InChI=1S/C12H15BrN2O4/c1-8(7-19-9(2)16)6-14-11-5-10(13)3-4-12(11)15(17)18/h3-5,8,14H,6-7H2,1-2H3. The normalized spacial score (nSPS) is 11.7. The van der Waals surface area contributed by atoms with E-state index in [2.05, 4.69) is 21.2 Å². The van der Waals surface area contributed by atoms with Gasteiger partial charge in [0.15, 0.2) is 0 Å². The molecule has 1 N–H and O–H groups in total. The lowest BCUT2D eigenvalue weighted by atomic mass is 10.2. The molecule has 0 aliphatic rings. The van der Waals surface area contributed by atoms with Crippen LogP contribution in [0.15, 0.2) is 22.7 Å². The minimum Gasteiger partial charge on any atom is -0.466 e. The molecule has 1 aromatic carbocycles. The number of hydrogen-bond donors (Lipinski definition) is 1. The van der Waals surface area contributed by atoms with E-state index < -0.39 is 4.92 Å². The molecule has 0 fully saturated rings. The van der Waals surface area contributed by atoms with Crippen LogP contribution < -0.4 is 5.32 Å². The number of nitro groups is 1. The van der Waals surface area contributed by atoms with Gasteiger partial charge in [-0.2, -0.15) is 0 Å². The van der Waals surface area contributed by atoms with Crippen molar-refractivity contribution < 1.29 is 14.5 Å². The van der Waals surface area contributed by atoms with Crippen molar-refractivity contribution in [2.45, 2.75) is 13.8 Å². The van der Waals surface area contributed by atoms with Crippen LogP contribution in [0.2, 0.25) is 0 Å². The van der Waals surface area contributed by atoms with Crippen LogP contribution in [0.25, 0.3) is 0 Å². The molecule has 1 aromatic rings. The average Bonchev–Trinajstić information content (AvgIpc) is 2.33. The van der Waals surface area contributed by atoms with Crippen molar-refractivity contribution in [1.29, 1.82) is 0 Å². The van der Waals surface area contributed by atoms with Gasteiger partial charge in [-0.25, -0.2) is 0 Å². The summed E-state index contributed by atoms with van der Waals surface area (Å²) in [6, 6.07) is 4.70. The third-order valence-corrected chi connectivity index (χ3v) is 2.86. The van der Waals surface area contributed by atoms with Gasteiger partial charge >= 0.3 is 5.97 Å². The summed E-state index contributed by atoms with van der Waals surface area (Å²) in [5.74, 6) is -0.275. The summed E-state index contributed by atoms with van der Waals surface area (Å²) in [6.45, 7) is 3.99. The van der Waals surface area contributed by atoms with Gasteiger partial charge in [0.2, 0.25) is 0 Å². The van der Waals surface area contributed by atoms with Crippen molar-refractivity contribution in [1.82, 2.24) is 0 Å². The summed E-state index contributed by atoms with van der Waals surface area (Å²) in [7, 11) is 0. The highest BCUT2D eigenvalue weighted by Crippen LogP contribution is 2.27. The smallest absolute Gasteiger partial charge is 0.302 e. The molecule has 19 heavy (non-hydrogen) atoms. The first kappa shape index (κ1) is 15.4. The fraction of sp³-hybridized carbons (Fsp3) is 0.417. The Morgan fingerprint density at radius 1 is 1.58 bits per heavy atom. The Morgan fingerprint density at radius 3 is 2.84 bits per heavy atom. The number of halogens is 1. The Morgan fingerprint density at radius 2 is 2.26 bits per heavy atom. The van der Waals surface area contributed by atoms with E-state index in [-0.39, 0.29) is 24.2 Å². The summed E-state index contributed by atoms with van der Waals surface area (Å²) < 4.78 is 5.63. The molecule has 0 bridgehead atoms. The predicted octanol–water partition coefficient (Wildman–Crippen LogP) is 2.97. The molecule has 104 valence electrons. The molecule has 0 aliphatic carbocycles. The summed E-state index contributed by atoms with van der Waals surface area (Å²) in [5, 5.41) is 13.9. The van der Waals surface area contributed by atoms with Gasteiger partial charge in [-0.15, -0.1) is 0 Å². The van der Waals surface area contributed by atoms with Crippen LogP contribution >= 0.6 is 15.9 Å². The van der Waals surface area contributed by atoms with Crippen molar-refractivity contribution in [3.8, 4) is 0 Å². The molecule has 0 amide bonds. The Labute approximate surface area is 119 Å². The van der Waals surface area contributed by atoms with E-state index in [1.165, 1.54) is 13.0 Å². The first-order valence-electron chi connectivity index (χ1n) is 5.71. The molecule has 0 heterocycles. The fourth-order valence-corrected chi connectivity index (χ4v) is 1.77. The van der Waals surface area contributed by atoms with Gasteiger partial charge in [0, 0.05) is 29.9 Å². The second-order valence-corrected chi connectivity index (χ2v) is 5.12. The molecule has 0 spiro atoms. The number of hydrogen-bond acceptors (Lipinski definition) is 5. The number of nitrogens with zero attached hydrogens (tertiary/aromatic N) is 1. The zero-order chi connectivity index (χ0) is 14.4. The second kappa shape index (κ2) is 7.08. The molecule has 0 radical (unpaired) electrons. The number of nitro benzene ring substituents is 1. The van der Waals surface area contributed by atoms with Crippen molar-refractivity contribution in [3.63, 3.8) is 0 Å². The molecular weight excluding hydrogens is 316 g/mol. The zero-order valence-electron chi connectivity index (χ0n) is 10.7. The topological polar surface area (TPSA) is 81.5 Å². The monoisotopic (exact) mass is 330 g/mol. The van der Waals surface area contributed by atoms with Gasteiger partial charge in [0.05, 0.1) is 11.5 Å². The average molecular weight is 331 g/mol. The third-order valence-electron chi connectivity index (χ3n) is 2.37. The highest BCUT2D eigenvalue weighted by Gasteiger charge is 2.14. The number of nitrogens with one attached hydrogen (secondary N) is 1. The minimum atomic E-state index is -0.439. The maximum absolute atomic E-state index is 10.9. The van der Waals surface area contributed by atoms with Gasteiger partial charge < -0.3 is 10.1 Å². The molecule has 0 saturated carbocycles. The number of rotatable bonds is 6. The number of carbonyl (C=O) groups excluding carboxylic acids is 1. The third kappa shape index (κ3) is 5.25. The van der Waals surface area contributed by atoms with Crippen LogP contribution in [0.5, 0.6) is 0 Å². The maximum atomic E-state index is 10.9. The molecule has 0 aromatic heterocycles. The lowest BCUT2D eigenvalue weighted by molar-refractivity contribution is -0.384. The summed E-state index contributed by atoms with van der Waals surface area (Å²) in [4.78, 5) is 21.1. The van der Waals surface area contributed by atoms with Crippen LogP contribution in [0.3, 0.4) is 0 Å². The van der Waals surface area contributed by atoms with Gasteiger partial charge in [-0.3, -0.25) is 14.9 Å². The molecular formula is C12H15BrN2O4. The Bertz CT molecular complexity index is 479. The van der Waals surface area contributed by atoms with Gasteiger partial charge in [0.1, 0.15) is 5.69 Å². The highest BCUT2D eigenvalue weighted by atomic mass is 79.9. The van der Waals surface area contributed by atoms with Crippen molar-refractivity contribution in [2.75, 3.05) is 18.5 Å². The SMILES string of the molecule is CC(=O)OCC(C)CNc1cc(Br)ccc1[N+](=O)[O-]. The Kier molecular flexibility index (Phi) is 5.75. The van der Waals surface area contributed by atoms with E-state index in [0.29, 0.717) is 12.2 Å². The van der Waals surface area contributed by atoms with E-state index >= 15 is 0 Å². The van der Waals surface area contributed by atoms with E-state index in [9.17, 15) is 14.9 Å². The number of anilines is 1. The van der Waals surface area contributed by atoms with Crippen LogP contribution in [-0.2, 0) is 9.53 Å². The molecule has 7 heteroatoms. The number of esters is 1. The number of ether oxygens (including phenoxy) is 1. The van der Waals surface area contributed by atoms with Gasteiger partial charge in [0.25, 0.3) is 5.69 Å². The lowest BCUT2D eigenvalue weighted by Gasteiger charge is -2.13. The van der Waals surface area contributed by atoms with Crippen LogP contribution in [0.4, 0.5) is 11.4 Å². The van der Waals surface area contributed by atoms with E-state index in [1.54, 1.807) is 12.1 Å². The van der Waals surface area contributed by atoms with Crippen molar-refractivity contribution >= 4 is 33.3 Å². The molecule has 1 atom stereocenters. The van der Waals surface area contributed by atoms with E-state index in [0.717, 1.165) is 4.47 Å². The Balaban J connectivity index is 2.63. The number of carbonyl (C=O) groups is 1. The predicted molar refractivity (Wildman–Crippen MR) is 75.1 cm³/mol. The molecule has 1 rings (SSSR count). The van der Waals surface area contributed by atoms with Gasteiger partial charge in [-0.1, -0.05) is 22.9 Å². The van der Waals surface area contributed by atoms with Crippen molar-refractivity contribution in [2.24, 2.45) is 5.92 Å². The first-order valence-corrected chi connectivity index (χ1v) is 6.50. The quantitative estimate of drug-likeness (QED) is 0.492. The molecule has 0 aliphatic heterocycles. The van der Waals surface area contributed by atoms with E-state index in [4.69, 9.17) is 4.74 Å². The van der Waals surface area contributed by atoms with Gasteiger partial charge in [-0.05, 0) is 12.1 Å². The maximum Gasteiger partial charge on any atom is 0.302 e. The van der Waals surface area contributed by atoms with E-state index in [1.807, 2.05) is 6.92 Å². The Hall–Kier alpha value is -1.63. The summed E-state index contributed by atoms with van der Waals surface area (Å²) in [5.41, 5.74) is 0.455. The number of benzene rings is 1. The minimum absolute atomic E-state index is 0.0166. The fourth-order valence-electron chi connectivity index (χ4n) is 1.41. The van der Waals surface area contributed by atoms with Crippen LogP contribution in [0.1, 0.15) is 13.8 Å².